The molecule has 7 nitrogen and oxygen atoms in total. The minimum atomic E-state index is 0.0816. The van der Waals surface area contributed by atoms with Gasteiger partial charge < -0.3 is 4.74 Å². The van der Waals surface area contributed by atoms with Crippen LogP contribution in [0, 0.1) is 0 Å². The van der Waals surface area contributed by atoms with Crippen LogP contribution in [0.25, 0.3) is 0 Å². The average Bonchev–Trinajstić information content (AvgIpc) is 2.84. The van der Waals surface area contributed by atoms with Gasteiger partial charge in [-0.3, -0.25) is 16.0 Å². The number of nitrogens with zero attached hydrogens (tertiary/aromatic N) is 4. The average molecular weight is 262 g/mol. The van der Waals surface area contributed by atoms with E-state index >= 15 is 0 Å². The van der Waals surface area contributed by atoms with Crippen LogP contribution in [-0.4, -0.2) is 32.9 Å². The molecule has 0 saturated carbocycles. The van der Waals surface area contributed by atoms with Gasteiger partial charge in [0.2, 0.25) is 5.88 Å². The molecule has 0 amide bonds. The second kappa shape index (κ2) is 6.26. The summed E-state index contributed by atoms with van der Waals surface area (Å²) in [5, 5.41) is 4.04. The number of nitrogens with two attached hydrogens (primary N) is 1. The minimum Gasteiger partial charge on any atom is -0.481 e. The zero-order valence-electron chi connectivity index (χ0n) is 11.1. The third-order valence-corrected chi connectivity index (χ3v) is 2.96. The van der Waals surface area contributed by atoms with Crippen LogP contribution in [0.2, 0.25) is 0 Å². The molecule has 0 saturated heterocycles. The first kappa shape index (κ1) is 13.4. The quantitative estimate of drug-likeness (QED) is 0.555. The predicted octanol–water partition coefficient (Wildman–Crippen LogP) is -0.164. The largest absolute Gasteiger partial charge is 0.481 e. The highest BCUT2D eigenvalue weighted by Gasteiger charge is 2.12. The highest BCUT2D eigenvalue weighted by Crippen LogP contribution is 2.10. The monoisotopic (exact) mass is 262 g/mol. The second-order valence-electron chi connectivity index (χ2n) is 4.28. The molecule has 1 atom stereocenters. The first-order valence-electron chi connectivity index (χ1n) is 6.01. The van der Waals surface area contributed by atoms with E-state index in [0.29, 0.717) is 12.3 Å². The topological polar surface area (TPSA) is 90.9 Å². The Bertz CT molecular complexity index is 509. The van der Waals surface area contributed by atoms with Gasteiger partial charge in [0.05, 0.1) is 7.11 Å². The maximum atomic E-state index is 5.59. The standard InChI is InChI=1S/C12H18N6O/c1-18-11(15-8-16-18)6-10(17-13)5-9-3-4-12(19-2)14-7-9/h3-4,7-8,10,17H,5-6,13H2,1-2H3. The van der Waals surface area contributed by atoms with Gasteiger partial charge in [0.25, 0.3) is 0 Å². The molecule has 0 aliphatic rings. The molecule has 0 aliphatic carbocycles. The second-order valence-corrected chi connectivity index (χ2v) is 4.28. The van der Waals surface area contributed by atoms with Crippen molar-refractivity contribution in [3.8, 4) is 5.88 Å². The van der Waals surface area contributed by atoms with Crippen molar-refractivity contribution in [3.63, 3.8) is 0 Å². The van der Waals surface area contributed by atoms with Gasteiger partial charge in [-0.2, -0.15) is 5.10 Å². The van der Waals surface area contributed by atoms with E-state index in [1.54, 1.807) is 18.0 Å². The Balaban J connectivity index is 2.00. The normalized spacial score (nSPS) is 12.4. The lowest BCUT2D eigenvalue weighted by Crippen LogP contribution is -2.39. The molecular weight excluding hydrogens is 244 g/mol. The summed E-state index contributed by atoms with van der Waals surface area (Å²) in [5.74, 6) is 7.09. The van der Waals surface area contributed by atoms with Crippen LogP contribution in [0.5, 0.6) is 5.88 Å². The molecule has 0 fully saturated rings. The molecule has 1 unspecified atom stereocenters. The number of pyridine rings is 1. The number of hydrogen-bond acceptors (Lipinski definition) is 6. The lowest BCUT2D eigenvalue weighted by molar-refractivity contribution is 0.397. The number of nitrogens with one attached hydrogen (secondary N) is 1. The summed E-state index contributed by atoms with van der Waals surface area (Å²) in [5.41, 5.74) is 3.89. The van der Waals surface area contributed by atoms with Crippen LogP contribution in [0.3, 0.4) is 0 Å². The Morgan fingerprint density at radius 2 is 2.21 bits per heavy atom. The Kier molecular flexibility index (Phi) is 4.43. The van der Waals surface area contributed by atoms with Gasteiger partial charge in [0.15, 0.2) is 0 Å². The van der Waals surface area contributed by atoms with E-state index in [0.717, 1.165) is 17.8 Å². The fourth-order valence-electron chi connectivity index (χ4n) is 1.85. The number of hydrogen-bond donors (Lipinski definition) is 2. The van der Waals surface area contributed by atoms with Crippen molar-refractivity contribution < 1.29 is 4.74 Å². The summed E-state index contributed by atoms with van der Waals surface area (Å²) in [7, 11) is 3.46. The number of methoxy groups -OCH3 is 1. The molecule has 7 heteroatoms. The summed E-state index contributed by atoms with van der Waals surface area (Å²) in [6.07, 6.45) is 4.80. The van der Waals surface area contributed by atoms with Crippen molar-refractivity contribution in [1.82, 2.24) is 25.2 Å². The van der Waals surface area contributed by atoms with Gasteiger partial charge in [0, 0.05) is 31.8 Å². The highest BCUT2D eigenvalue weighted by atomic mass is 16.5. The van der Waals surface area contributed by atoms with E-state index in [4.69, 9.17) is 10.6 Å². The van der Waals surface area contributed by atoms with E-state index in [1.165, 1.54) is 6.33 Å². The maximum Gasteiger partial charge on any atom is 0.212 e. The summed E-state index contributed by atoms with van der Waals surface area (Å²) in [4.78, 5) is 8.37. The molecule has 2 heterocycles. The Hall–Kier alpha value is -1.99. The van der Waals surface area contributed by atoms with E-state index in [2.05, 4.69) is 20.5 Å². The first-order valence-corrected chi connectivity index (χ1v) is 6.01. The third-order valence-electron chi connectivity index (χ3n) is 2.96. The van der Waals surface area contributed by atoms with Gasteiger partial charge >= 0.3 is 0 Å². The van der Waals surface area contributed by atoms with Gasteiger partial charge in [-0.1, -0.05) is 6.07 Å². The van der Waals surface area contributed by atoms with Gasteiger partial charge in [0.1, 0.15) is 12.2 Å². The Morgan fingerprint density at radius 3 is 2.74 bits per heavy atom. The molecule has 2 aromatic rings. The third kappa shape index (κ3) is 3.49. The lowest BCUT2D eigenvalue weighted by atomic mass is 10.1. The zero-order chi connectivity index (χ0) is 13.7. The molecule has 2 aromatic heterocycles. The van der Waals surface area contributed by atoms with Gasteiger partial charge in [-0.15, -0.1) is 0 Å². The molecule has 0 radical (unpaired) electrons. The maximum absolute atomic E-state index is 5.59. The van der Waals surface area contributed by atoms with Crippen LogP contribution >= 0.6 is 0 Å². The van der Waals surface area contributed by atoms with Crippen molar-refractivity contribution in [3.05, 3.63) is 36.0 Å². The summed E-state index contributed by atoms with van der Waals surface area (Å²) >= 11 is 0. The lowest BCUT2D eigenvalue weighted by Gasteiger charge is -2.15. The van der Waals surface area contributed by atoms with Crippen LogP contribution in [0.1, 0.15) is 11.4 Å². The summed E-state index contributed by atoms with van der Waals surface area (Å²) < 4.78 is 6.78. The molecule has 0 aromatic carbocycles. The molecule has 0 bridgehead atoms. The Morgan fingerprint density at radius 1 is 1.37 bits per heavy atom. The molecular formula is C12H18N6O. The number of aromatic nitrogens is 4. The Labute approximate surface area is 111 Å². The van der Waals surface area contributed by atoms with Crippen LogP contribution < -0.4 is 16.0 Å². The van der Waals surface area contributed by atoms with E-state index in [1.807, 2.05) is 19.2 Å². The van der Waals surface area contributed by atoms with Crippen molar-refractivity contribution >= 4 is 0 Å². The van der Waals surface area contributed by atoms with Crippen LogP contribution in [-0.2, 0) is 19.9 Å². The van der Waals surface area contributed by atoms with Gasteiger partial charge in [-0.05, 0) is 12.0 Å². The number of hydrazine groups is 1. The highest BCUT2D eigenvalue weighted by molar-refractivity contribution is 5.18. The van der Waals surface area contributed by atoms with Gasteiger partial charge in [-0.25, -0.2) is 9.97 Å². The van der Waals surface area contributed by atoms with Crippen molar-refractivity contribution in [1.29, 1.82) is 0 Å². The van der Waals surface area contributed by atoms with E-state index < -0.39 is 0 Å². The van der Waals surface area contributed by atoms with Crippen molar-refractivity contribution in [2.75, 3.05) is 7.11 Å². The molecule has 3 N–H and O–H groups in total. The minimum absolute atomic E-state index is 0.0816. The van der Waals surface area contributed by atoms with Crippen LogP contribution in [0.4, 0.5) is 0 Å². The molecule has 0 spiro atoms. The SMILES string of the molecule is COc1ccc(CC(Cc2ncnn2C)NN)cn1. The fourth-order valence-corrected chi connectivity index (χ4v) is 1.85. The fraction of sp³-hybridized carbons (Fsp3) is 0.417. The molecule has 0 aliphatic heterocycles. The molecule has 19 heavy (non-hydrogen) atoms. The number of rotatable bonds is 6. The summed E-state index contributed by atoms with van der Waals surface area (Å²) in [6, 6.07) is 3.90. The first-order chi connectivity index (χ1) is 9.22. The van der Waals surface area contributed by atoms with Crippen molar-refractivity contribution in [2.24, 2.45) is 12.9 Å². The number of aryl methyl sites for hydroxylation is 1. The van der Waals surface area contributed by atoms with Crippen LogP contribution in [0.15, 0.2) is 24.7 Å². The zero-order valence-corrected chi connectivity index (χ0v) is 11.1. The summed E-state index contributed by atoms with van der Waals surface area (Å²) in [6.45, 7) is 0. The molecule has 2 rings (SSSR count). The smallest absolute Gasteiger partial charge is 0.212 e. The molecule has 102 valence electrons. The van der Waals surface area contributed by atoms with Crippen molar-refractivity contribution in [2.45, 2.75) is 18.9 Å². The predicted molar refractivity (Wildman–Crippen MR) is 70.3 cm³/mol. The van der Waals surface area contributed by atoms with E-state index in [9.17, 15) is 0 Å². The van der Waals surface area contributed by atoms with E-state index in [-0.39, 0.29) is 6.04 Å². The number of ether oxygens (including phenoxy) is 1.